The van der Waals surface area contributed by atoms with E-state index in [-0.39, 0.29) is 46.4 Å². The zero-order valence-corrected chi connectivity index (χ0v) is 21.2. The molecule has 0 saturated carbocycles. The highest BCUT2D eigenvalue weighted by Crippen LogP contribution is 2.45. The van der Waals surface area contributed by atoms with E-state index in [0.717, 1.165) is 11.6 Å². The molecule has 0 fully saturated rings. The Labute approximate surface area is 211 Å². The lowest BCUT2D eigenvalue weighted by atomic mass is 9.89. The summed E-state index contributed by atoms with van der Waals surface area (Å²) in [6.07, 6.45) is 4.96. The third-order valence-corrected chi connectivity index (χ3v) is 6.50. The molecular formula is C28H36N2O6. The number of aromatic hydroxyl groups is 3. The van der Waals surface area contributed by atoms with E-state index in [1.165, 1.54) is 22.6 Å². The Morgan fingerprint density at radius 1 is 1.08 bits per heavy atom. The Hall–Kier alpha value is -3.49. The summed E-state index contributed by atoms with van der Waals surface area (Å²) in [5, 5.41) is 55.0. The second kappa shape index (κ2) is 11.1. The maximum atomic E-state index is 13.4. The number of hydrogen-bond donors (Lipinski definition) is 6. The first-order valence-corrected chi connectivity index (χ1v) is 12.1. The summed E-state index contributed by atoms with van der Waals surface area (Å²) in [5.74, 6) is -1.03. The summed E-state index contributed by atoms with van der Waals surface area (Å²) in [7, 11) is 0. The molecule has 3 rings (SSSR count). The van der Waals surface area contributed by atoms with Crippen LogP contribution in [0.3, 0.4) is 0 Å². The van der Waals surface area contributed by atoms with Crippen LogP contribution in [0.15, 0.2) is 53.6 Å². The summed E-state index contributed by atoms with van der Waals surface area (Å²) in [4.78, 5) is 14.8. The number of para-hydroxylation sites is 1. The first-order chi connectivity index (χ1) is 16.9. The van der Waals surface area contributed by atoms with Gasteiger partial charge in [0, 0.05) is 18.7 Å². The first-order valence-electron chi connectivity index (χ1n) is 12.1. The van der Waals surface area contributed by atoms with E-state index < -0.39 is 17.6 Å². The van der Waals surface area contributed by atoms with Gasteiger partial charge in [-0.3, -0.25) is 4.79 Å². The van der Waals surface area contributed by atoms with Gasteiger partial charge < -0.3 is 35.7 Å². The molecule has 0 bridgehead atoms. The van der Waals surface area contributed by atoms with Gasteiger partial charge in [-0.2, -0.15) is 0 Å². The number of phenolic OH excluding ortho intramolecular Hbond substituents is 3. The lowest BCUT2D eigenvalue weighted by Crippen LogP contribution is -2.39. The van der Waals surface area contributed by atoms with Gasteiger partial charge >= 0.3 is 0 Å². The number of carbonyl (C=O) groups excluding carboxylic acids is 1. The summed E-state index contributed by atoms with van der Waals surface area (Å²) in [6.45, 7) is 7.64. The molecule has 2 atom stereocenters. The molecule has 2 aromatic rings. The fraction of sp³-hybridized carbons (Fsp3) is 0.393. The van der Waals surface area contributed by atoms with Gasteiger partial charge in [-0.1, -0.05) is 29.4 Å². The Balaban J connectivity index is 1.79. The van der Waals surface area contributed by atoms with Gasteiger partial charge in [0.2, 0.25) is 0 Å². The third kappa shape index (κ3) is 6.19. The monoisotopic (exact) mass is 496 g/mol. The van der Waals surface area contributed by atoms with E-state index in [1.807, 2.05) is 32.9 Å². The van der Waals surface area contributed by atoms with E-state index in [0.29, 0.717) is 25.7 Å². The SMILES string of the molecule is CC(C)=CCCC(C)(O)C(O)CC/C(C)=C/CN1C(=O)c2cccc(O)c2Nc2c(O)cc(O)cc21. The molecule has 1 aliphatic heterocycles. The van der Waals surface area contributed by atoms with E-state index in [2.05, 4.69) is 5.32 Å². The highest BCUT2D eigenvalue weighted by molar-refractivity contribution is 6.15. The minimum absolute atomic E-state index is 0.129. The number of fused-ring (bicyclic) bond motifs is 2. The van der Waals surface area contributed by atoms with Crippen molar-refractivity contribution < 1.29 is 30.3 Å². The highest BCUT2D eigenvalue weighted by atomic mass is 16.3. The van der Waals surface area contributed by atoms with E-state index in [9.17, 15) is 30.3 Å². The Kier molecular flexibility index (Phi) is 8.32. The van der Waals surface area contributed by atoms with E-state index >= 15 is 0 Å². The van der Waals surface area contributed by atoms with Gasteiger partial charge in [-0.05, 0) is 65.5 Å². The number of anilines is 3. The van der Waals surface area contributed by atoms with Crippen molar-refractivity contribution in [2.45, 2.75) is 65.1 Å². The number of amides is 1. The molecule has 0 radical (unpaired) electrons. The average Bonchev–Trinajstić information content (AvgIpc) is 2.91. The molecule has 1 amide bonds. The van der Waals surface area contributed by atoms with E-state index in [4.69, 9.17) is 0 Å². The summed E-state index contributed by atoms with van der Waals surface area (Å²) in [5.41, 5.74) is 1.71. The topological polar surface area (TPSA) is 133 Å². The number of rotatable bonds is 9. The van der Waals surface area contributed by atoms with E-state index in [1.54, 1.807) is 19.1 Å². The number of aliphatic hydroxyl groups is 2. The number of hydrogen-bond acceptors (Lipinski definition) is 7. The van der Waals surface area contributed by atoms with Crippen molar-refractivity contribution in [1.82, 2.24) is 0 Å². The Bertz CT molecular complexity index is 1180. The van der Waals surface area contributed by atoms with Gasteiger partial charge in [0.25, 0.3) is 5.91 Å². The largest absolute Gasteiger partial charge is 0.508 e. The van der Waals surface area contributed by atoms with Gasteiger partial charge in [0.15, 0.2) is 0 Å². The van der Waals surface area contributed by atoms with Crippen LogP contribution >= 0.6 is 0 Å². The van der Waals surface area contributed by atoms with Crippen molar-refractivity contribution in [2.75, 3.05) is 16.8 Å². The zero-order valence-electron chi connectivity index (χ0n) is 21.2. The van der Waals surface area contributed by atoms with Crippen molar-refractivity contribution >= 4 is 23.0 Å². The van der Waals surface area contributed by atoms with Gasteiger partial charge in [-0.15, -0.1) is 0 Å². The molecule has 194 valence electrons. The number of carbonyl (C=O) groups is 1. The molecule has 0 spiro atoms. The van der Waals surface area contributed by atoms with Crippen LogP contribution in [0.2, 0.25) is 0 Å². The van der Waals surface area contributed by atoms with Crippen molar-refractivity contribution in [3.05, 3.63) is 59.2 Å². The number of allylic oxidation sites excluding steroid dienone is 3. The average molecular weight is 497 g/mol. The van der Waals surface area contributed by atoms with Crippen molar-refractivity contribution in [3.63, 3.8) is 0 Å². The molecule has 1 aliphatic rings. The lowest BCUT2D eigenvalue weighted by molar-refractivity contribution is -0.0691. The van der Waals surface area contributed by atoms with Crippen LogP contribution in [0.25, 0.3) is 0 Å². The third-order valence-electron chi connectivity index (χ3n) is 6.50. The van der Waals surface area contributed by atoms with Crippen molar-refractivity contribution in [3.8, 4) is 17.2 Å². The van der Waals surface area contributed by atoms with Gasteiger partial charge in [0.05, 0.1) is 28.6 Å². The van der Waals surface area contributed by atoms with Crippen molar-refractivity contribution in [1.29, 1.82) is 0 Å². The molecule has 36 heavy (non-hydrogen) atoms. The molecule has 0 aliphatic carbocycles. The Morgan fingerprint density at radius 3 is 2.50 bits per heavy atom. The highest BCUT2D eigenvalue weighted by Gasteiger charge is 2.31. The van der Waals surface area contributed by atoms with Gasteiger partial charge in [-0.25, -0.2) is 0 Å². The first kappa shape index (κ1) is 27.1. The number of aliphatic hydroxyl groups excluding tert-OH is 1. The molecular weight excluding hydrogens is 460 g/mol. The van der Waals surface area contributed by atoms with Crippen molar-refractivity contribution in [2.24, 2.45) is 0 Å². The molecule has 8 heteroatoms. The van der Waals surface area contributed by atoms with Crippen LogP contribution in [0.4, 0.5) is 17.1 Å². The van der Waals surface area contributed by atoms with Crippen LogP contribution in [0.1, 0.15) is 63.7 Å². The van der Waals surface area contributed by atoms with Crippen LogP contribution in [-0.4, -0.2) is 49.7 Å². The number of nitrogens with zero attached hydrogens (tertiary/aromatic N) is 1. The predicted molar refractivity (Wildman–Crippen MR) is 141 cm³/mol. The molecule has 1 heterocycles. The maximum absolute atomic E-state index is 13.4. The molecule has 0 saturated heterocycles. The predicted octanol–water partition coefficient (Wildman–Crippen LogP) is 5.09. The fourth-order valence-electron chi connectivity index (χ4n) is 4.19. The number of phenols is 3. The minimum atomic E-state index is -1.21. The molecule has 2 unspecified atom stereocenters. The molecule has 6 N–H and O–H groups in total. The summed E-state index contributed by atoms with van der Waals surface area (Å²) >= 11 is 0. The standard InChI is InChI=1S/C28H36N2O6/c1-17(2)7-6-13-28(4,36)24(34)11-10-18(3)12-14-30-21-15-19(31)16-23(33)26(21)29-25-20(27(30)35)8-5-9-22(25)32/h5,7-9,12,15-16,24,29,31-34,36H,6,10-11,13-14H2,1-4H3/b18-12+. The number of benzene rings is 2. The molecule has 8 nitrogen and oxygen atoms in total. The van der Waals surface area contributed by atoms with Crippen LogP contribution in [0.5, 0.6) is 17.2 Å². The second-order valence-electron chi connectivity index (χ2n) is 9.88. The normalized spacial score (nSPS) is 15.8. The van der Waals surface area contributed by atoms with Crippen LogP contribution in [-0.2, 0) is 0 Å². The minimum Gasteiger partial charge on any atom is -0.508 e. The Morgan fingerprint density at radius 2 is 1.81 bits per heavy atom. The smallest absolute Gasteiger partial charge is 0.260 e. The zero-order chi connectivity index (χ0) is 26.6. The quantitative estimate of drug-likeness (QED) is 0.162. The summed E-state index contributed by atoms with van der Waals surface area (Å²) in [6, 6.07) is 7.11. The molecule has 2 aromatic carbocycles. The fourth-order valence-corrected chi connectivity index (χ4v) is 4.19. The summed E-state index contributed by atoms with van der Waals surface area (Å²) < 4.78 is 0. The molecule has 0 aromatic heterocycles. The van der Waals surface area contributed by atoms with Crippen LogP contribution in [0, 0.1) is 0 Å². The van der Waals surface area contributed by atoms with Crippen LogP contribution < -0.4 is 10.2 Å². The lowest BCUT2D eigenvalue weighted by Gasteiger charge is -2.29. The second-order valence-corrected chi connectivity index (χ2v) is 9.88. The van der Waals surface area contributed by atoms with Gasteiger partial charge in [0.1, 0.15) is 22.9 Å². The maximum Gasteiger partial charge on any atom is 0.260 e. The number of nitrogens with one attached hydrogen (secondary N) is 1.